The number of aromatic nitrogens is 1. The molecule has 1 aromatic heterocycles. The zero-order valence-corrected chi connectivity index (χ0v) is 14.0. The van der Waals surface area contributed by atoms with Crippen molar-refractivity contribution in [1.82, 2.24) is 10.0 Å². The molecule has 1 heterocycles. The maximum atomic E-state index is 15.0. The highest BCUT2D eigenvalue weighted by Gasteiger charge is 2.24. The SMILES string of the molecule is CON(C)C(=O)c1ccc(OC(F)F)c(-c2ccnc(OC(F)F)c2)c1F. The van der Waals surface area contributed by atoms with Gasteiger partial charge < -0.3 is 9.47 Å². The zero-order valence-electron chi connectivity index (χ0n) is 14.0. The quantitative estimate of drug-likeness (QED) is 0.531. The number of alkyl halides is 4. The summed E-state index contributed by atoms with van der Waals surface area (Å²) in [5.74, 6) is -3.29. The van der Waals surface area contributed by atoms with E-state index in [0.29, 0.717) is 5.06 Å². The number of ether oxygens (including phenoxy) is 2. The maximum Gasteiger partial charge on any atom is 0.388 e. The lowest BCUT2D eigenvalue weighted by Gasteiger charge is -2.18. The van der Waals surface area contributed by atoms with E-state index in [2.05, 4.69) is 19.3 Å². The van der Waals surface area contributed by atoms with Gasteiger partial charge in [-0.05, 0) is 23.8 Å². The number of pyridine rings is 1. The van der Waals surface area contributed by atoms with E-state index in [1.807, 2.05) is 0 Å². The lowest BCUT2D eigenvalue weighted by Crippen LogP contribution is -2.26. The predicted octanol–water partition coefficient (Wildman–Crippen LogP) is 3.72. The van der Waals surface area contributed by atoms with Crippen molar-refractivity contribution in [2.24, 2.45) is 0 Å². The first-order chi connectivity index (χ1) is 12.7. The first kappa shape index (κ1) is 20.4. The molecule has 0 saturated heterocycles. The van der Waals surface area contributed by atoms with Crippen molar-refractivity contribution in [3.8, 4) is 22.8 Å². The topological polar surface area (TPSA) is 60.9 Å². The molecule has 27 heavy (non-hydrogen) atoms. The van der Waals surface area contributed by atoms with Gasteiger partial charge in [-0.1, -0.05) is 0 Å². The van der Waals surface area contributed by atoms with Gasteiger partial charge in [0.1, 0.15) is 11.6 Å². The Balaban J connectivity index is 2.62. The smallest absolute Gasteiger partial charge is 0.388 e. The highest BCUT2D eigenvalue weighted by Crippen LogP contribution is 2.36. The van der Waals surface area contributed by atoms with Gasteiger partial charge in [0.05, 0.1) is 18.2 Å². The summed E-state index contributed by atoms with van der Waals surface area (Å²) in [4.78, 5) is 20.4. The molecule has 0 fully saturated rings. The molecule has 0 N–H and O–H groups in total. The van der Waals surface area contributed by atoms with Crippen LogP contribution in [0, 0.1) is 5.82 Å². The molecule has 0 atom stereocenters. The third kappa shape index (κ3) is 4.82. The van der Waals surface area contributed by atoms with E-state index in [9.17, 15) is 26.7 Å². The first-order valence-corrected chi connectivity index (χ1v) is 7.25. The van der Waals surface area contributed by atoms with Gasteiger partial charge in [-0.3, -0.25) is 9.63 Å². The molecule has 0 aliphatic heterocycles. The average Bonchev–Trinajstić information content (AvgIpc) is 2.60. The van der Waals surface area contributed by atoms with E-state index >= 15 is 0 Å². The van der Waals surface area contributed by atoms with Crippen LogP contribution >= 0.6 is 0 Å². The molecule has 0 bridgehead atoms. The van der Waals surface area contributed by atoms with Crippen molar-refractivity contribution < 1.29 is 41.1 Å². The second-order valence-corrected chi connectivity index (χ2v) is 4.93. The number of hydroxylamine groups is 2. The summed E-state index contributed by atoms with van der Waals surface area (Å²) in [5.41, 5.74) is -1.22. The van der Waals surface area contributed by atoms with E-state index in [0.717, 1.165) is 30.5 Å². The van der Waals surface area contributed by atoms with E-state index in [1.165, 1.54) is 14.2 Å². The summed E-state index contributed by atoms with van der Waals surface area (Å²) in [6.45, 7) is -6.48. The molecule has 2 aromatic rings. The Morgan fingerprint density at radius 3 is 2.37 bits per heavy atom. The van der Waals surface area contributed by atoms with Crippen molar-refractivity contribution in [1.29, 1.82) is 0 Å². The second-order valence-electron chi connectivity index (χ2n) is 4.93. The number of hydrogen-bond donors (Lipinski definition) is 0. The van der Waals surface area contributed by atoms with Crippen LogP contribution in [-0.2, 0) is 4.84 Å². The van der Waals surface area contributed by atoms with E-state index in [1.54, 1.807) is 0 Å². The molecule has 0 spiro atoms. The molecule has 1 amide bonds. The molecule has 6 nitrogen and oxygen atoms in total. The fourth-order valence-electron chi connectivity index (χ4n) is 2.16. The number of halogens is 5. The number of nitrogens with zero attached hydrogens (tertiary/aromatic N) is 2. The summed E-state index contributed by atoms with van der Waals surface area (Å²) in [6, 6.07) is 3.95. The molecular weight excluding hydrogens is 379 g/mol. The average molecular weight is 392 g/mol. The molecule has 0 saturated carbocycles. The normalized spacial score (nSPS) is 11.0. The van der Waals surface area contributed by atoms with Crippen LogP contribution in [0.25, 0.3) is 11.1 Å². The summed E-state index contributed by atoms with van der Waals surface area (Å²) in [6.07, 6.45) is 1.01. The summed E-state index contributed by atoms with van der Waals surface area (Å²) >= 11 is 0. The minimum absolute atomic E-state index is 0.163. The third-order valence-corrected chi connectivity index (χ3v) is 3.34. The van der Waals surface area contributed by atoms with Crippen molar-refractivity contribution >= 4 is 5.91 Å². The molecule has 146 valence electrons. The largest absolute Gasteiger partial charge is 0.434 e. The lowest BCUT2D eigenvalue weighted by molar-refractivity contribution is -0.0759. The van der Waals surface area contributed by atoms with Gasteiger partial charge in [0.25, 0.3) is 5.91 Å². The molecular formula is C16H13F5N2O4. The maximum absolute atomic E-state index is 15.0. The van der Waals surface area contributed by atoms with Gasteiger partial charge in [-0.25, -0.2) is 14.4 Å². The van der Waals surface area contributed by atoms with Crippen LogP contribution in [0.5, 0.6) is 11.6 Å². The van der Waals surface area contributed by atoms with Gasteiger partial charge in [0.15, 0.2) is 0 Å². The second kappa shape index (κ2) is 8.62. The van der Waals surface area contributed by atoms with Crippen molar-refractivity contribution in [3.05, 3.63) is 41.8 Å². The minimum Gasteiger partial charge on any atom is -0.434 e. The van der Waals surface area contributed by atoms with Crippen molar-refractivity contribution in [2.45, 2.75) is 13.2 Å². The van der Waals surface area contributed by atoms with Crippen LogP contribution in [-0.4, -0.2) is 43.3 Å². The number of carbonyl (C=O) groups excluding carboxylic acids is 1. The van der Waals surface area contributed by atoms with Crippen LogP contribution in [0.4, 0.5) is 22.0 Å². The van der Waals surface area contributed by atoms with Gasteiger partial charge in [-0.2, -0.15) is 17.6 Å². The van der Waals surface area contributed by atoms with Crippen LogP contribution in [0.3, 0.4) is 0 Å². The highest BCUT2D eigenvalue weighted by atomic mass is 19.3. The van der Waals surface area contributed by atoms with Crippen molar-refractivity contribution in [2.75, 3.05) is 14.2 Å². The molecule has 0 radical (unpaired) electrons. The van der Waals surface area contributed by atoms with E-state index in [-0.39, 0.29) is 5.56 Å². The molecule has 1 aromatic carbocycles. The summed E-state index contributed by atoms with van der Waals surface area (Å²) in [5, 5.41) is 0.716. The monoisotopic (exact) mass is 392 g/mol. The zero-order chi connectivity index (χ0) is 20.1. The predicted molar refractivity (Wildman–Crippen MR) is 82.0 cm³/mol. The Bertz CT molecular complexity index is 819. The van der Waals surface area contributed by atoms with Gasteiger partial charge in [0.2, 0.25) is 5.88 Å². The molecule has 0 unspecified atom stereocenters. The molecule has 0 aliphatic rings. The van der Waals surface area contributed by atoms with Crippen molar-refractivity contribution in [3.63, 3.8) is 0 Å². The van der Waals surface area contributed by atoms with Gasteiger partial charge in [-0.15, -0.1) is 0 Å². The first-order valence-electron chi connectivity index (χ1n) is 7.25. The van der Waals surface area contributed by atoms with Gasteiger partial charge in [0, 0.05) is 19.3 Å². The Morgan fingerprint density at radius 1 is 1.11 bits per heavy atom. The number of benzene rings is 1. The summed E-state index contributed by atoms with van der Waals surface area (Å²) in [7, 11) is 2.38. The Labute approximate surface area is 150 Å². The molecule has 11 heteroatoms. The highest BCUT2D eigenvalue weighted by molar-refractivity contribution is 5.96. The third-order valence-electron chi connectivity index (χ3n) is 3.34. The number of hydrogen-bond acceptors (Lipinski definition) is 5. The van der Waals surface area contributed by atoms with Crippen LogP contribution < -0.4 is 9.47 Å². The number of amides is 1. The molecule has 2 rings (SSSR count). The molecule has 0 aliphatic carbocycles. The van der Waals surface area contributed by atoms with E-state index < -0.39 is 47.7 Å². The fraction of sp³-hybridized carbons (Fsp3) is 0.250. The number of rotatable bonds is 7. The minimum atomic E-state index is -3.29. The summed E-state index contributed by atoms with van der Waals surface area (Å²) < 4.78 is 73.4. The van der Waals surface area contributed by atoms with Gasteiger partial charge >= 0.3 is 13.2 Å². The van der Waals surface area contributed by atoms with Crippen LogP contribution in [0.1, 0.15) is 10.4 Å². The van der Waals surface area contributed by atoms with E-state index in [4.69, 9.17) is 0 Å². The van der Waals surface area contributed by atoms with Crippen LogP contribution in [0.15, 0.2) is 30.5 Å². The Hall–Kier alpha value is -2.95. The Morgan fingerprint density at radius 2 is 1.78 bits per heavy atom. The Kier molecular flexibility index (Phi) is 6.50. The number of carbonyl (C=O) groups is 1. The fourth-order valence-corrected chi connectivity index (χ4v) is 2.16. The standard InChI is InChI=1S/C16H13F5N2O4/c1-23(25-2)14(24)9-3-4-10(26-15(18)19)12(13(9)17)8-5-6-22-11(7-8)27-16(20)21/h3-7,15-16H,1-2H3. The lowest BCUT2D eigenvalue weighted by atomic mass is 10.0. The van der Waals surface area contributed by atoms with Crippen LogP contribution in [0.2, 0.25) is 0 Å².